The van der Waals surface area contributed by atoms with E-state index in [0.717, 1.165) is 43.6 Å². The highest BCUT2D eigenvalue weighted by Crippen LogP contribution is 2.32. The van der Waals surface area contributed by atoms with Gasteiger partial charge >= 0.3 is 6.03 Å². The number of amides is 2. The Labute approximate surface area is 154 Å². The topological polar surface area (TPSA) is 83.3 Å². The third-order valence-electron chi connectivity index (χ3n) is 5.27. The van der Waals surface area contributed by atoms with Gasteiger partial charge in [0.1, 0.15) is 5.58 Å². The number of nitrogens with one attached hydrogen (secondary N) is 2. The van der Waals surface area contributed by atoms with Gasteiger partial charge in [0.2, 0.25) is 5.13 Å². The summed E-state index contributed by atoms with van der Waals surface area (Å²) in [6.45, 7) is 3.68. The summed E-state index contributed by atoms with van der Waals surface area (Å²) in [5.41, 5.74) is 0.816. The van der Waals surface area contributed by atoms with Crippen molar-refractivity contribution in [2.45, 2.75) is 6.42 Å². The lowest BCUT2D eigenvalue weighted by atomic mass is 9.89. The first-order valence-corrected chi connectivity index (χ1v) is 9.67. The Kier molecular flexibility index (Phi) is 3.86. The number of likely N-dealkylation sites (tertiary alicyclic amines) is 1. The van der Waals surface area contributed by atoms with E-state index < -0.39 is 0 Å². The van der Waals surface area contributed by atoms with Crippen LogP contribution in [0.1, 0.15) is 6.42 Å². The monoisotopic (exact) mass is 369 g/mol. The van der Waals surface area contributed by atoms with Crippen LogP contribution in [0.15, 0.2) is 34.7 Å². The maximum atomic E-state index is 12.6. The van der Waals surface area contributed by atoms with Crippen molar-refractivity contribution in [3.8, 4) is 10.8 Å². The van der Waals surface area contributed by atoms with Crippen molar-refractivity contribution in [2.24, 2.45) is 11.8 Å². The molecule has 2 aliphatic rings. The second kappa shape index (κ2) is 6.37. The Morgan fingerprint density at radius 3 is 3.08 bits per heavy atom. The van der Waals surface area contributed by atoms with Gasteiger partial charge in [0.25, 0.3) is 0 Å². The molecule has 134 valence electrons. The van der Waals surface area contributed by atoms with Gasteiger partial charge in [-0.2, -0.15) is 0 Å². The summed E-state index contributed by atoms with van der Waals surface area (Å²) in [5, 5.41) is 16.8. The Morgan fingerprint density at radius 1 is 1.27 bits per heavy atom. The van der Waals surface area contributed by atoms with Gasteiger partial charge < -0.3 is 14.6 Å². The molecule has 4 heterocycles. The molecule has 2 atom stereocenters. The molecule has 2 aromatic heterocycles. The fraction of sp³-hybridized carbons (Fsp3) is 0.389. The van der Waals surface area contributed by atoms with E-state index in [1.807, 2.05) is 35.2 Å². The van der Waals surface area contributed by atoms with E-state index in [9.17, 15) is 4.79 Å². The van der Waals surface area contributed by atoms with E-state index >= 15 is 0 Å². The second-order valence-corrected chi connectivity index (χ2v) is 7.88. The lowest BCUT2D eigenvalue weighted by Gasteiger charge is -2.34. The van der Waals surface area contributed by atoms with Gasteiger partial charge in [-0.1, -0.05) is 29.5 Å². The van der Waals surface area contributed by atoms with E-state index in [1.54, 1.807) is 0 Å². The summed E-state index contributed by atoms with van der Waals surface area (Å²) >= 11 is 1.33. The van der Waals surface area contributed by atoms with Gasteiger partial charge in [0.05, 0.1) is 0 Å². The van der Waals surface area contributed by atoms with Crippen molar-refractivity contribution >= 4 is 33.5 Å². The van der Waals surface area contributed by atoms with E-state index in [1.165, 1.54) is 11.3 Å². The van der Waals surface area contributed by atoms with Crippen LogP contribution < -0.4 is 10.6 Å². The third kappa shape index (κ3) is 2.85. The molecule has 2 fully saturated rings. The summed E-state index contributed by atoms with van der Waals surface area (Å²) in [4.78, 5) is 14.4. The number of aromatic nitrogens is 2. The van der Waals surface area contributed by atoms with E-state index in [0.29, 0.717) is 27.7 Å². The summed E-state index contributed by atoms with van der Waals surface area (Å²) < 4.78 is 5.81. The van der Waals surface area contributed by atoms with Crippen molar-refractivity contribution in [1.82, 2.24) is 20.4 Å². The molecule has 0 bridgehead atoms. The lowest BCUT2D eigenvalue weighted by Crippen LogP contribution is -2.45. The molecular formula is C18H19N5O2S. The van der Waals surface area contributed by atoms with Crippen LogP contribution in [0.25, 0.3) is 21.7 Å². The highest BCUT2D eigenvalue weighted by atomic mass is 32.1. The predicted molar refractivity (Wildman–Crippen MR) is 100 cm³/mol. The van der Waals surface area contributed by atoms with Crippen molar-refractivity contribution in [3.05, 3.63) is 30.3 Å². The molecule has 1 aromatic carbocycles. The van der Waals surface area contributed by atoms with Gasteiger partial charge in [-0.3, -0.25) is 5.32 Å². The molecular weight excluding hydrogens is 350 g/mol. The number of nitrogens with zero attached hydrogens (tertiary/aromatic N) is 3. The Hall–Kier alpha value is -2.45. The molecule has 26 heavy (non-hydrogen) atoms. The number of carbonyl (C=O) groups excluding carboxylic acids is 1. The highest BCUT2D eigenvalue weighted by Gasteiger charge is 2.34. The van der Waals surface area contributed by atoms with Crippen molar-refractivity contribution < 1.29 is 9.21 Å². The van der Waals surface area contributed by atoms with Crippen LogP contribution in [-0.2, 0) is 0 Å². The molecule has 7 nitrogen and oxygen atoms in total. The quantitative estimate of drug-likeness (QED) is 0.725. The van der Waals surface area contributed by atoms with Crippen LogP contribution in [0.4, 0.5) is 9.93 Å². The zero-order chi connectivity index (χ0) is 17.5. The van der Waals surface area contributed by atoms with Gasteiger partial charge in [0.15, 0.2) is 10.8 Å². The van der Waals surface area contributed by atoms with Gasteiger partial charge in [-0.25, -0.2) is 4.79 Å². The average Bonchev–Trinajstić information content (AvgIpc) is 3.39. The van der Waals surface area contributed by atoms with Crippen LogP contribution in [0.2, 0.25) is 0 Å². The standard InChI is InChI=1S/C18H19N5O2S/c24-18(23-6-5-12-8-19-9-13(12)10-23)20-17-22-21-16(26-17)15-7-11-3-1-2-4-14(11)25-15/h1-4,7,12-13,19H,5-6,8-10H2,(H,20,22,24)/t12-,13-/m1/s1. The molecule has 2 N–H and O–H groups in total. The van der Waals surface area contributed by atoms with Crippen molar-refractivity contribution in [1.29, 1.82) is 0 Å². The van der Waals surface area contributed by atoms with Crippen LogP contribution >= 0.6 is 11.3 Å². The number of furan rings is 1. The largest absolute Gasteiger partial charge is 0.453 e. The maximum Gasteiger partial charge on any atom is 0.323 e. The zero-order valence-corrected chi connectivity index (χ0v) is 15.0. The smallest absolute Gasteiger partial charge is 0.323 e. The molecule has 0 radical (unpaired) electrons. The first-order chi connectivity index (χ1) is 12.8. The van der Waals surface area contributed by atoms with Crippen LogP contribution in [0.3, 0.4) is 0 Å². The molecule has 2 amide bonds. The van der Waals surface area contributed by atoms with E-state index in [2.05, 4.69) is 20.8 Å². The third-order valence-corrected chi connectivity index (χ3v) is 6.12. The Morgan fingerprint density at radius 2 is 2.15 bits per heavy atom. The van der Waals surface area contributed by atoms with Crippen molar-refractivity contribution in [2.75, 3.05) is 31.5 Å². The second-order valence-electron chi connectivity index (χ2n) is 6.90. The van der Waals surface area contributed by atoms with Crippen molar-refractivity contribution in [3.63, 3.8) is 0 Å². The summed E-state index contributed by atoms with van der Waals surface area (Å²) in [6.07, 6.45) is 1.06. The number of piperidine rings is 1. The number of hydrogen-bond donors (Lipinski definition) is 2. The minimum atomic E-state index is -0.0948. The lowest BCUT2D eigenvalue weighted by molar-refractivity contribution is 0.161. The van der Waals surface area contributed by atoms with Gasteiger partial charge in [-0.05, 0) is 43.5 Å². The van der Waals surface area contributed by atoms with Gasteiger partial charge in [-0.15, -0.1) is 10.2 Å². The van der Waals surface area contributed by atoms with Gasteiger partial charge in [0, 0.05) is 18.5 Å². The fourth-order valence-electron chi connectivity index (χ4n) is 3.85. The zero-order valence-electron chi connectivity index (χ0n) is 14.1. The fourth-order valence-corrected chi connectivity index (χ4v) is 4.54. The highest BCUT2D eigenvalue weighted by molar-refractivity contribution is 7.18. The number of carbonyl (C=O) groups is 1. The Balaban J connectivity index is 1.28. The minimum Gasteiger partial charge on any atom is -0.453 e. The maximum absolute atomic E-state index is 12.6. The number of urea groups is 1. The molecule has 0 unspecified atom stereocenters. The summed E-state index contributed by atoms with van der Waals surface area (Å²) in [7, 11) is 0. The number of benzene rings is 1. The van der Waals surface area contributed by atoms with E-state index in [4.69, 9.17) is 4.42 Å². The molecule has 2 saturated heterocycles. The number of anilines is 1. The molecule has 0 saturated carbocycles. The summed E-state index contributed by atoms with van der Waals surface area (Å²) in [6, 6.07) is 9.67. The van der Waals surface area contributed by atoms with Crippen LogP contribution in [-0.4, -0.2) is 47.3 Å². The first kappa shape index (κ1) is 15.8. The average molecular weight is 369 g/mol. The minimum absolute atomic E-state index is 0.0948. The molecule has 3 aromatic rings. The van der Waals surface area contributed by atoms with Crippen LogP contribution in [0.5, 0.6) is 0 Å². The molecule has 0 spiro atoms. The number of rotatable bonds is 2. The number of hydrogen-bond acceptors (Lipinski definition) is 6. The summed E-state index contributed by atoms with van der Waals surface area (Å²) in [5.74, 6) is 1.94. The van der Waals surface area contributed by atoms with Crippen LogP contribution in [0, 0.1) is 11.8 Å². The number of para-hydroxylation sites is 1. The molecule has 8 heteroatoms. The molecule has 5 rings (SSSR count). The van der Waals surface area contributed by atoms with E-state index in [-0.39, 0.29) is 6.03 Å². The predicted octanol–water partition coefficient (Wildman–Crippen LogP) is 3.02. The number of fused-ring (bicyclic) bond motifs is 2. The normalized spacial score (nSPS) is 22.5. The SMILES string of the molecule is O=C(Nc1nnc(-c2cc3ccccc3o2)s1)N1CC[C@@H]2CNC[C@@H]2C1. The molecule has 2 aliphatic heterocycles. The Bertz CT molecular complexity index is 919. The first-order valence-electron chi connectivity index (χ1n) is 8.85. The molecule has 0 aliphatic carbocycles.